The van der Waals surface area contributed by atoms with Crippen molar-refractivity contribution in [2.45, 2.75) is 76.9 Å². The molecule has 8 heteroatoms. The number of aromatic nitrogens is 2. The summed E-state index contributed by atoms with van der Waals surface area (Å²) in [7, 11) is 1.55. The first-order chi connectivity index (χ1) is 16.5. The number of aryl methyl sites for hydroxylation is 2. The number of carbonyl (C=O) groups excluding carboxylic acids is 2. The van der Waals surface area contributed by atoms with Crippen molar-refractivity contribution in [2.24, 2.45) is 0 Å². The van der Waals surface area contributed by atoms with Gasteiger partial charge < -0.3 is 19.9 Å². The van der Waals surface area contributed by atoms with Crippen molar-refractivity contribution >= 4 is 11.8 Å². The molecule has 0 aromatic carbocycles. The predicted octanol–water partition coefficient (Wildman–Crippen LogP) is 3.09. The van der Waals surface area contributed by atoms with Crippen LogP contribution in [0.15, 0.2) is 41.6 Å². The average Bonchev–Trinajstić information content (AvgIpc) is 2.80. The summed E-state index contributed by atoms with van der Waals surface area (Å²) in [5.41, 5.74) is 0.283. The van der Waals surface area contributed by atoms with Crippen LogP contribution in [0.4, 0.5) is 0 Å². The number of rotatable bonds is 9. The minimum Gasteiger partial charge on any atom is -0.383 e. The summed E-state index contributed by atoms with van der Waals surface area (Å²) in [4.78, 5) is 43.6. The van der Waals surface area contributed by atoms with Crippen molar-refractivity contribution < 1.29 is 14.3 Å². The molecule has 34 heavy (non-hydrogen) atoms. The van der Waals surface area contributed by atoms with Crippen LogP contribution < -0.4 is 16.1 Å². The SMILES string of the molecule is COC[C@@H](C)NC(=O)c1cn(CCc2ccccn2)cc(C(=O)NC2CCCCCCC2)c1=O. The third-order valence-corrected chi connectivity index (χ3v) is 6.16. The Morgan fingerprint density at radius 1 is 1.09 bits per heavy atom. The normalized spacial score (nSPS) is 15.7. The van der Waals surface area contributed by atoms with Crippen LogP contribution in [0.25, 0.3) is 0 Å². The fraction of sp³-hybridized carbons (Fsp3) is 0.538. The second kappa shape index (κ2) is 13.0. The molecule has 0 spiro atoms. The van der Waals surface area contributed by atoms with E-state index in [9.17, 15) is 14.4 Å². The highest BCUT2D eigenvalue weighted by Gasteiger charge is 2.22. The standard InChI is InChI=1S/C26H36N4O4/c1-19(18-34-2)28-25(32)22-16-30(15-13-20-10-8-9-14-27-20)17-23(24(22)31)26(33)29-21-11-6-4-3-5-7-12-21/h8-10,14,16-17,19,21H,3-7,11-13,15,18H2,1-2H3,(H,28,32)(H,29,33)/t19-/m1/s1. The number of methoxy groups -OCH3 is 1. The van der Waals surface area contributed by atoms with Crippen molar-refractivity contribution in [3.05, 3.63) is 63.8 Å². The fourth-order valence-corrected chi connectivity index (χ4v) is 4.33. The summed E-state index contributed by atoms with van der Waals surface area (Å²) in [6, 6.07) is 5.46. The smallest absolute Gasteiger partial charge is 0.257 e. The summed E-state index contributed by atoms with van der Waals surface area (Å²) < 4.78 is 6.81. The van der Waals surface area contributed by atoms with Crippen molar-refractivity contribution in [3.63, 3.8) is 0 Å². The Hall–Kier alpha value is -3.00. The van der Waals surface area contributed by atoms with Gasteiger partial charge in [0, 0.05) is 56.4 Å². The molecule has 0 unspecified atom stereocenters. The molecule has 0 radical (unpaired) electrons. The van der Waals surface area contributed by atoms with E-state index in [-0.39, 0.29) is 23.2 Å². The van der Waals surface area contributed by atoms with Crippen LogP contribution >= 0.6 is 0 Å². The Kier molecular flexibility index (Phi) is 9.82. The third-order valence-electron chi connectivity index (χ3n) is 6.16. The van der Waals surface area contributed by atoms with Crippen molar-refractivity contribution in [3.8, 4) is 0 Å². The molecule has 1 saturated carbocycles. The number of nitrogens with zero attached hydrogens (tertiary/aromatic N) is 2. The Balaban J connectivity index is 1.85. The molecule has 1 atom stereocenters. The van der Waals surface area contributed by atoms with Gasteiger partial charge >= 0.3 is 0 Å². The molecule has 0 aliphatic heterocycles. The first-order valence-corrected chi connectivity index (χ1v) is 12.2. The van der Waals surface area contributed by atoms with E-state index in [1.54, 1.807) is 31.0 Å². The molecule has 2 aromatic heterocycles. The first-order valence-electron chi connectivity index (χ1n) is 12.2. The number of pyridine rings is 2. The van der Waals surface area contributed by atoms with Crippen LogP contribution in [-0.4, -0.2) is 47.2 Å². The Labute approximate surface area is 201 Å². The Morgan fingerprint density at radius 3 is 2.41 bits per heavy atom. The van der Waals surface area contributed by atoms with E-state index in [4.69, 9.17) is 4.74 Å². The lowest BCUT2D eigenvalue weighted by Crippen LogP contribution is -2.41. The molecule has 1 aliphatic rings. The average molecular weight is 469 g/mol. The van der Waals surface area contributed by atoms with E-state index in [0.29, 0.717) is 19.6 Å². The van der Waals surface area contributed by atoms with Gasteiger partial charge in [-0.3, -0.25) is 19.4 Å². The highest BCUT2D eigenvalue weighted by molar-refractivity contribution is 5.99. The second-order valence-corrected chi connectivity index (χ2v) is 9.07. The van der Waals surface area contributed by atoms with Gasteiger partial charge in [-0.2, -0.15) is 0 Å². The number of amides is 2. The van der Waals surface area contributed by atoms with Crippen LogP contribution in [0.1, 0.15) is 78.3 Å². The van der Waals surface area contributed by atoms with E-state index in [2.05, 4.69) is 15.6 Å². The lowest BCUT2D eigenvalue weighted by Gasteiger charge is -2.21. The molecular weight excluding hydrogens is 432 g/mol. The molecule has 0 bridgehead atoms. The van der Waals surface area contributed by atoms with Gasteiger partial charge in [-0.1, -0.05) is 38.2 Å². The quantitative estimate of drug-likeness (QED) is 0.589. The van der Waals surface area contributed by atoms with Crippen LogP contribution in [0.2, 0.25) is 0 Å². The van der Waals surface area contributed by atoms with E-state index in [0.717, 1.165) is 31.4 Å². The maximum atomic E-state index is 13.2. The van der Waals surface area contributed by atoms with Gasteiger partial charge in [-0.05, 0) is 31.9 Å². The number of hydrogen-bond acceptors (Lipinski definition) is 5. The van der Waals surface area contributed by atoms with Gasteiger partial charge in [0.15, 0.2) is 0 Å². The molecule has 3 rings (SSSR count). The largest absolute Gasteiger partial charge is 0.383 e. The number of carbonyl (C=O) groups is 2. The highest BCUT2D eigenvalue weighted by Crippen LogP contribution is 2.17. The van der Waals surface area contributed by atoms with Crippen LogP contribution in [-0.2, 0) is 17.7 Å². The minimum absolute atomic E-state index is 0.00451. The van der Waals surface area contributed by atoms with Crippen LogP contribution in [0.5, 0.6) is 0 Å². The summed E-state index contributed by atoms with van der Waals surface area (Å²) in [5.74, 6) is -0.927. The van der Waals surface area contributed by atoms with Crippen molar-refractivity contribution in [1.29, 1.82) is 0 Å². The van der Waals surface area contributed by atoms with Gasteiger partial charge in [0.05, 0.1) is 6.61 Å². The molecule has 2 N–H and O–H groups in total. The van der Waals surface area contributed by atoms with E-state index in [1.807, 2.05) is 18.2 Å². The maximum Gasteiger partial charge on any atom is 0.257 e. The molecule has 184 valence electrons. The number of ether oxygens (including phenoxy) is 1. The maximum absolute atomic E-state index is 13.2. The summed E-state index contributed by atoms with van der Waals surface area (Å²) in [6.45, 7) is 2.60. The van der Waals surface area contributed by atoms with Gasteiger partial charge in [0.1, 0.15) is 11.1 Å². The van der Waals surface area contributed by atoms with E-state index < -0.39 is 17.2 Å². The zero-order chi connectivity index (χ0) is 24.3. The molecule has 8 nitrogen and oxygen atoms in total. The van der Waals surface area contributed by atoms with E-state index >= 15 is 0 Å². The second-order valence-electron chi connectivity index (χ2n) is 9.07. The summed E-state index contributed by atoms with van der Waals surface area (Å²) in [5, 5.41) is 5.84. The van der Waals surface area contributed by atoms with E-state index in [1.165, 1.54) is 25.5 Å². The zero-order valence-corrected chi connectivity index (χ0v) is 20.2. The van der Waals surface area contributed by atoms with Crippen LogP contribution in [0, 0.1) is 0 Å². The van der Waals surface area contributed by atoms with Gasteiger partial charge in [0.2, 0.25) is 5.43 Å². The lowest BCUT2D eigenvalue weighted by molar-refractivity contribution is 0.0903. The molecule has 0 saturated heterocycles. The number of nitrogens with one attached hydrogen (secondary N) is 2. The monoisotopic (exact) mass is 468 g/mol. The molecule has 2 aromatic rings. The molecular formula is C26H36N4O4. The Bertz CT molecular complexity index is 998. The molecule has 2 heterocycles. The van der Waals surface area contributed by atoms with Gasteiger partial charge in [0.25, 0.3) is 11.8 Å². The molecule has 1 fully saturated rings. The van der Waals surface area contributed by atoms with Crippen LogP contribution in [0.3, 0.4) is 0 Å². The first kappa shape index (κ1) is 25.6. The fourth-order valence-electron chi connectivity index (χ4n) is 4.33. The minimum atomic E-state index is -0.556. The lowest BCUT2D eigenvalue weighted by atomic mass is 9.96. The molecule has 1 aliphatic carbocycles. The summed E-state index contributed by atoms with van der Waals surface area (Å²) in [6.07, 6.45) is 12.9. The number of hydrogen-bond donors (Lipinski definition) is 2. The zero-order valence-electron chi connectivity index (χ0n) is 20.2. The highest BCUT2D eigenvalue weighted by atomic mass is 16.5. The van der Waals surface area contributed by atoms with Crippen molar-refractivity contribution in [1.82, 2.24) is 20.2 Å². The Morgan fingerprint density at radius 2 is 1.76 bits per heavy atom. The molecule has 2 amide bonds. The van der Waals surface area contributed by atoms with Gasteiger partial charge in [-0.15, -0.1) is 0 Å². The summed E-state index contributed by atoms with van der Waals surface area (Å²) >= 11 is 0. The van der Waals surface area contributed by atoms with Gasteiger partial charge in [-0.25, -0.2) is 0 Å². The third kappa shape index (κ3) is 7.52. The van der Waals surface area contributed by atoms with Crippen molar-refractivity contribution in [2.75, 3.05) is 13.7 Å². The predicted molar refractivity (Wildman–Crippen MR) is 131 cm³/mol. The topological polar surface area (TPSA) is 102 Å².